The summed E-state index contributed by atoms with van der Waals surface area (Å²) >= 11 is 0. The number of carboxylic acid groups (broad SMARTS) is 1. The van der Waals surface area contributed by atoms with Crippen molar-refractivity contribution in [2.45, 2.75) is 70.7 Å². The highest BCUT2D eigenvalue weighted by molar-refractivity contribution is 5.91. The number of unbranched alkanes of at least 4 members (excludes halogenated alkanes) is 1. The average molecular weight is 360 g/mol. The number of nitrogens with two attached hydrogens (primary N) is 2. The number of carbonyl (C=O) groups excluding carboxylic acids is 2. The zero-order valence-corrected chi connectivity index (χ0v) is 15.2. The third-order valence-corrected chi connectivity index (χ3v) is 4.18. The molecule has 25 heavy (non-hydrogen) atoms. The highest BCUT2D eigenvalue weighted by atomic mass is 16.4. The molecular weight excluding hydrogens is 328 g/mol. The molecule has 9 heteroatoms. The molecule has 0 aromatic rings. The van der Waals surface area contributed by atoms with Crippen molar-refractivity contribution < 1.29 is 24.6 Å². The smallest absolute Gasteiger partial charge is 0.326 e. The van der Waals surface area contributed by atoms with Crippen LogP contribution >= 0.6 is 0 Å². The molecule has 0 saturated carbocycles. The number of amides is 2. The lowest BCUT2D eigenvalue weighted by atomic mass is 9.98. The van der Waals surface area contributed by atoms with E-state index in [-0.39, 0.29) is 5.92 Å². The van der Waals surface area contributed by atoms with Crippen LogP contribution in [0.1, 0.15) is 46.5 Å². The molecule has 0 bridgehead atoms. The van der Waals surface area contributed by atoms with Gasteiger partial charge in [0.25, 0.3) is 0 Å². The SMILES string of the molecule is CCC(C)C(NC(=O)C(CCCCN)NC(=O)C(N)C(C)O)C(=O)O. The fraction of sp³-hybridized carbons (Fsp3) is 0.812. The lowest BCUT2D eigenvalue weighted by Crippen LogP contribution is -2.57. The number of nitrogens with one attached hydrogen (secondary N) is 2. The molecule has 0 spiro atoms. The predicted molar refractivity (Wildman–Crippen MR) is 93.5 cm³/mol. The molecule has 5 atom stereocenters. The van der Waals surface area contributed by atoms with Crippen LogP contribution in [-0.2, 0) is 14.4 Å². The van der Waals surface area contributed by atoms with Crippen molar-refractivity contribution in [1.29, 1.82) is 0 Å². The molecule has 5 unspecified atom stereocenters. The summed E-state index contributed by atoms with van der Waals surface area (Å²) in [5.74, 6) is -2.65. The van der Waals surface area contributed by atoms with Gasteiger partial charge >= 0.3 is 5.97 Å². The second-order valence-electron chi connectivity index (χ2n) is 6.32. The van der Waals surface area contributed by atoms with Crippen molar-refractivity contribution >= 4 is 17.8 Å². The lowest BCUT2D eigenvalue weighted by Gasteiger charge is -2.25. The molecule has 0 aromatic heterocycles. The number of aliphatic hydroxyl groups is 1. The van der Waals surface area contributed by atoms with E-state index in [0.717, 1.165) is 0 Å². The Kier molecular flexibility index (Phi) is 11.0. The Bertz CT molecular complexity index is 444. The fourth-order valence-electron chi connectivity index (χ4n) is 2.19. The Morgan fingerprint density at radius 1 is 1.08 bits per heavy atom. The molecule has 8 N–H and O–H groups in total. The summed E-state index contributed by atoms with van der Waals surface area (Å²) in [6.45, 7) is 5.37. The van der Waals surface area contributed by atoms with Gasteiger partial charge in [-0.3, -0.25) is 9.59 Å². The van der Waals surface area contributed by atoms with Crippen LogP contribution in [0.4, 0.5) is 0 Å². The number of carboxylic acids is 1. The van der Waals surface area contributed by atoms with E-state index >= 15 is 0 Å². The average Bonchev–Trinajstić information content (AvgIpc) is 2.56. The molecule has 146 valence electrons. The molecule has 0 aliphatic rings. The zero-order valence-electron chi connectivity index (χ0n) is 15.2. The standard InChI is InChI=1S/C16H32N4O5/c1-4-9(2)13(16(24)25)20-14(22)11(7-5-6-8-17)19-15(23)12(18)10(3)21/h9-13,21H,4-8,17-18H2,1-3H3,(H,19,23)(H,20,22)(H,24,25). The van der Waals surface area contributed by atoms with Crippen molar-refractivity contribution in [2.75, 3.05) is 6.54 Å². The number of hydrogen-bond donors (Lipinski definition) is 6. The van der Waals surface area contributed by atoms with Crippen LogP contribution in [-0.4, -0.2) is 58.8 Å². The minimum absolute atomic E-state index is 0.262. The first-order chi connectivity index (χ1) is 11.6. The third-order valence-electron chi connectivity index (χ3n) is 4.18. The van der Waals surface area contributed by atoms with Crippen molar-refractivity contribution in [2.24, 2.45) is 17.4 Å². The van der Waals surface area contributed by atoms with Gasteiger partial charge in [0.15, 0.2) is 0 Å². The summed E-state index contributed by atoms with van der Waals surface area (Å²) in [5.41, 5.74) is 11.0. The van der Waals surface area contributed by atoms with Crippen molar-refractivity contribution in [3.63, 3.8) is 0 Å². The minimum Gasteiger partial charge on any atom is -0.480 e. The van der Waals surface area contributed by atoms with Gasteiger partial charge in [-0.25, -0.2) is 4.79 Å². The first kappa shape index (κ1) is 23.3. The molecule has 0 heterocycles. The van der Waals surface area contributed by atoms with E-state index in [1.165, 1.54) is 6.92 Å². The van der Waals surface area contributed by atoms with Crippen LogP contribution in [0.3, 0.4) is 0 Å². The molecular formula is C16H32N4O5. The van der Waals surface area contributed by atoms with E-state index in [1.54, 1.807) is 6.92 Å². The predicted octanol–water partition coefficient (Wildman–Crippen LogP) is -1.08. The van der Waals surface area contributed by atoms with Gasteiger partial charge in [-0.1, -0.05) is 20.3 Å². The monoisotopic (exact) mass is 360 g/mol. The molecule has 0 aromatic carbocycles. The van der Waals surface area contributed by atoms with Crippen LogP contribution in [0.2, 0.25) is 0 Å². The zero-order chi connectivity index (χ0) is 19.6. The maximum absolute atomic E-state index is 12.5. The van der Waals surface area contributed by atoms with Gasteiger partial charge < -0.3 is 32.3 Å². The Balaban J connectivity index is 5.07. The summed E-state index contributed by atoms with van der Waals surface area (Å²) in [7, 11) is 0. The normalized spacial score (nSPS) is 17.0. The maximum atomic E-state index is 12.5. The summed E-state index contributed by atoms with van der Waals surface area (Å²) in [6.07, 6.45) is 1.05. The van der Waals surface area contributed by atoms with E-state index in [9.17, 15) is 24.6 Å². The Labute approximate surface area is 148 Å². The Hall–Kier alpha value is -1.71. The fourth-order valence-corrected chi connectivity index (χ4v) is 2.19. The van der Waals surface area contributed by atoms with Gasteiger partial charge in [-0.05, 0) is 38.6 Å². The first-order valence-electron chi connectivity index (χ1n) is 8.62. The minimum atomic E-state index is -1.17. The van der Waals surface area contributed by atoms with Crippen LogP contribution in [0, 0.1) is 5.92 Å². The summed E-state index contributed by atoms with van der Waals surface area (Å²) < 4.78 is 0. The molecule has 0 saturated heterocycles. The molecule has 0 aliphatic carbocycles. The van der Waals surface area contributed by atoms with Crippen LogP contribution in [0.25, 0.3) is 0 Å². The highest BCUT2D eigenvalue weighted by Gasteiger charge is 2.30. The van der Waals surface area contributed by atoms with E-state index in [4.69, 9.17) is 11.5 Å². The number of aliphatic hydroxyl groups excluding tert-OH is 1. The maximum Gasteiger partial charge on any atom is 0.326 e. The molecule has 2 amide bonds. The van der Waals surface area contributed by atoms with Crippen LogP contribution in [0.5, 0.6) is 0 Å². The van der Waals surface area contributed by atoms with Gasteiger partial charge in [-0.15, -0.1) is 0 Å². The van der Waals surface area contributed by atoms with Crippen molar-refractivity contribution in [1.82, 2.24) is 10.6 Å². The van der Waals surface area contributed by atoms with E-state index < -0.39 is 42.0 Å². The van der Waals surface area contributed by atoms with Gasteiger partial charge in [0, 0.05) is 0 Å². The van der Waals surface area contributed by atoms with Gasteiger partial charge in [-0.2, -0.15) is 0 Å². The van der Waals surface area contributed by atoms with Crippen LogP contribution in [0.15, 0.2) is 0 Å². The van der Waals surface area contributed by atoms with E-state index in [2.05, 4.69) is 10.6 Å². The van der Waals surface area contributed by atoms with E-state index in [1.807, 2.05) is 6.92 Å². The Morgan fingerprint density at radius 2 is 1.68 bits per heavy atom. The summed E-state index contributed by atoms with van der Waals surface area (Å²) in [4.78, 5) is 35.9. The second-order valence-corrected chi connectivity index (χ2v) is 6.32. The molecule has 0 fully saturated rings. The number of rotatable bonds is 12. The van der Waals surface area contributed by atoms with Gasteiger partial charge in [0.05, 0.1) is 6.10 Å². The molecule has 9 nitrogen and oxygen atoms in total. The summed E-state index contributed by atoms with van der Waals surface area (Å²) in [5, 5.41) is 23.7. The van der Waals surface area contributed by atoms with Gasteiger partial charge in [0.2, 0.25) is 11.8 Å². The number of aliphatic carboxylic acids is 1. The quantitative estimate of drug-likeness (QED) is 0.241. The second kappa shape index (κ2) is 11.8. The highest BCUT2D eigenvalue weighted by Crippen LogP contribution is 2.09. The number of carbonyl (C=O) groups is 3. The Morgan fingerprint density at radius 3 is 2.12 bits per heavy atom. The lowest BCUT2D eigenvalue weighted by molar-refractivity contribution is -0.143. The molecule has 0 radical (unpaired) electrons. The topological polar surface area (TPSA) is 168 Å². The molecule has 0 rings (SSSR count). The van der Waals surface area contributed by atoms with Gasteiger partial charge in [0.1, 0.15) is 18.1 Å². The summed E-state index contributed by atoms with van der Waals surface area (Å²) in [6, 6.07) is -3.15. The molecule has 0 aliphatic heterocycles. The largest absolute Gasteiger partial charge is 0.480 e. The van der Waals surface area contributed by atoms with Crippen LogP contribution < -0.4 is 22.1 Å². The van der Waals surface area contributed by atoms with Crippen molar-refractivity contribution in [3.8, 4) is 0 Å². The van der Waals surface area contributed by atoms with Crippen molar-refractivity contribution in [3.05, 3.63) is 0 Å². The third kappa shape index (κ3) is 8.28. The van der Waals surface area contributed by atoms with E-state index in [0.29, 0.717) is 32.2 Å². The first-order valence-corrected chi connectivity index (χ1v) is 8.62. The number of hydrogen-bond acceptors (Lipinski definition) is 6.